The number of hydrogen-bond acceptors (Lipinski definition) is 6. The normalized spacial score (nSPS) is 20.2. The third kappa shape index (κ3) is 5.35. The van der Waals surface area contributed by atoms with Gasteiger partial charge in [-0.15, -0.1) is 0 Å². The molecule has 0 spiro atoms. The largest absolute Gasteiger partial charge is 0.458 e. The summed E-state index contributed by atoms with van der Waals surface area (Å²) >= 11 is 0. The number of aliphatic hydroxyl groups is 2. The molecule has 1 aliphatic carbocycles. The minimum atomic E-state index is -1.19. The molecule has 30 heavy (non-hydrogen) atoms. The van der Waals surface area contributed by atoms with Crippen molar-refractivity contribution in [3.63, 3.8) is 0 Å². The third-order valence-electron chi connectivity index (χ3n) is 6.30. The first-order valence-corrected chi connectivity index (χ1v) is 10.7. The molecule has 0 aliphatic heterocycles. The van der Waals surface area contributed by atoms with Crippen molar-refractivity contribution in [2.75, 3.05) is 0 Å². The van der Waals surface area contributed by atoms with E-state index in [1.54, 1.807) is 27.0 Å². The first kappa shape index (κ1) is 24.2. The second kappa shape index (κ2) is 9.84. The van der Waals surface area contributed by atoms with Crippen LogP contribution in [-0.2, 0) is 14.3 Å². The Morgan fingerprint density at radius 3 is 2.47 bits per heavy atom. The average molecular weight is 418 g/mol. The van der Waals surface area contributed by atoms with Crippen LogP contribution < -0.4 is 0 Å². The summed E-state index contributed by atoms with van der Waals surface area (Å²) in [5, 5.41) is 20.9. The number of allylic oxidation sites excluding steroid dienone is 1. The van der Waals surface area contributed by atoms with Crippen LogP contribution in [-0.4, -0.2) is 45.3 Å². The quantitative estimate of drug-likeness (QED) is 0.597. The number of carbonyl (C=O) groups excluding carboxylic acids is 2. The van der Waals surface area contributed by atoms with E-state index in [-0.39, 0.29) is 24.2 Å². The predicted octanol–water partition coefficient (Wildman–Crippen LogP) is 3.56. The van der Waals surface area contributed by atoms with Crippen molar-refractivity contribution in [3.8, 4) is 0 Å². The zero-order valence-electron chi connectivity index (χ0n) is 18.9. The molecule has 0 saturated heterocycles. The second-order valence-electron chi connectivity index (χ2n) is 9.22. The average Bonchev–Trinajstić information content (AvgIpc) is 3.06. The number of aliphatic hydroxyl groups excluding tert-OH is 2. The van der Waals surface area contributed by atoms with Gasteiger partial charge in [-0.05, 0) is 49.0 Å². The van der Waals surface area contributed by atoms with Crippen molar-refractivity contribution in [1.29, 1.82) is 0 Å². The van der Waals surface area contributed by atoms with Crippen LogP contribution in [0.15, 0.2) is 30.0 Å². The molecule has 0 aromatic carbocycles. The lowest BCUT2D eigenvalue weighted by molar-refractivity contribution is -0.154. The highest BCUT2D eigenvalue weighted by atomic mass is 16.5. The van der Waals surface area contributed by atoms with Crippen LogP contribution in [0.1, 0.15) is 66.5 Å². The summed E-state index contributed by atoms with van der Waals surface area (Å²) < 4.78 is 5.62. The van der Waals surface area contributed by atoms with Crippen LogP contribution in [0.5, 0.6) is 0 Å². The van der Waals surface area contributed by atoms with Crippen LogP contribution in [0, 0.1) is 17.3 Å². The van der Waals surface area contributed by atoms with Crippen molar-refractivity contribution < 1.29 is 24.5 Å². The summed E-state index contributed by atoms with van der Waals surface area (Å²) in [4.78, 5) is 29.7. The van der Waals surface area contributed by atoms with E-state index in [1.165, 1.54) is 0 Å². The fourth-order valence-electron chi connectivity index (χ4n) is 4.01. The molecule has 0 radical (unpaired) electrons. The first-order valence-electron chi connectivity index (χ1n) is 10.7. The molecule has 1 aromatic heterocycles. The lowest BCUT2D eigenvalue weighted by Crippen LogP contribution is -2.45. The molecule has 2 rings (SSSR count). The van der Waals surface area contributed by atoms with E-state index < -0.39 is 29.5 Å². The summed E-state index contributed by atoms with van der Waals surface area (Å²) in [5.74, 6) is -1.51. The summed E-state index contributed by atoms with van der Waals surface area (Å²) in [5.41, 5.74) is 1.77. The van der Waals surface area contributed by atoms with Crippen LogP contribution in [0.4, 0.5) is 0 Å². The number of aromatic nitrogens is 1. The van der Waals surface area contributed by atoms with Gasteiger partial charge in [-0.2, -0.15) is 0 Å². The van der Waals surface area contributed by atoms with Gasteiger partial charge in [0.15, 0.2) is 0 Å². The Morgan fingerprint density at radius 2 is 1.90 bits per heavy atom. The van der Waals surface area contributed by atoms with Crippen LogP contribution in [0.3, 0.4) is 0 Å². The Balaban J connectivity index is 2.00. The molecule has 0 unspecified atom stereocenters. The molecule has 0 bridgehead atoms. The Morgan fingerprint density at radius 1 is 1.23 bits per heavy atom. The Bertz CT molecular complexity index is 784. The number of ketones is 1. The zero-order chi connectivity index (χ0) is 22.6. The van der Waals surface area contributed by atoms with Crippen molar-refractivity contribution in [3.05, 3.63) is 35.7 Å². The predicted molar refractivity (Wildman–Crippen MR) is 115 cm³/mol. The van der Waals surface area contributed by atoms with Crippen LogP contribution in [0.25, 0.3) is 5.57 Å². The summed E-state index contributed by atoms with van der Waals surface area (Å²) in [6, 6.07) is 5.72. The number of ether oxygens (including phenoxy) is 1. The van der Waals surface area contributed by atoms with Gasteiger partial charge < -0.3 is 14.9 Å². The van der Waals surface area contributed by atoms with Crippen molar-refractivity contribution >= 4 is 17.3 Å². The number of Topliss-reactive ketones (excluding diaryl/α,β-unsaturated/α-hetero) is 1. The highest BCUT2D eigenvalue weighted by Gasteiger charge is 2.42. The fourth-order valence-corrected chi connectivity index (χ4v) is 4.01. The molecule has 0 amide bonds. The van der Waals surface area contributed by atoms with E-state index in [1.807, 2.05) is 39.0 Å². The van der Waals surface area contributed by atoms with Crippen molar-refractivity contribution in [2.24, 2.45) is 17.3 Å². The standard InChI is InChI=1S/C24H35NO5/c1-14(2)22(28)16(4)23(29)24(5,6)20(26)13-21(27)30-19-11-10-17(15(19)3)18-9-7-8-12-25-18/h7-9,12,14,16,19-20,22,26,28H,10-11,13H2,1-6H3/t16-,19+,20+,22+/m1/s1. The van der Waals surface area contributed by atoms with Gasteiger partial charge in [-0.1, -0.05) is 40.7 Å². The van der Waals surface area contributed by atoms with E-state index in [2.05, 4.69) is 4.98 Å². The third-order valence-corrected chi connectivity index (χ3v) is 6.30. The number of esters is 1. The van der Waals surface area contributed by atoms with E-state index in [9.17, 15) is 19.8 Å². The van der Waals surface area contributed by atoms with E-state index >= 15 is 0 Å². The van der Waals surface area contributed by atoms with Gasteiger partial charge in [-0.3, -0.25) is 14.6 Å². The Kier molecular flexibility index (Phi) is 7.94. The minimum absolute atomic E-state index is 0.0766. The van der Waals surface area contributed by atoms with Gasteiger partial charge in [0.1, 0.15) is 11.9 Å². The topological polar surface area (TPSA) is 96.7 Å². The summed E-state index contributed by atoms with van der Waals surface area (Å²) in [6.45, 7) is 10.5. The molecule has 1 heterocycles. The number of carbonyl (C=O) groups is 2. The molecule has 0 saturated carbocycles. The molecule has 6 nitrogen and oxygen atoms in total. The van der Waals surface area contributed by atoms with Gasteiger partial charge in [-0.25, -0.2) is 0 Å². The molecular formula is C24H35NO5. The number of nitrogens with zero attached hydrogens (tertiary/aromatic N) is 1. The smallest absolute Gasteiger partial charge is 0.309 e. The van der Waals surface area contributed by atoms with Gasteiger partial charge >= 0.3 is 5.97 Å². The van der Waals surface area contributed by atoms with Gasteiger partial charge in [0.2, 0.25) is 0 Å². The molecule has 166 valence electrons. The summed E-state index contributed by atoms with van der Waals surface area (Å²) in [6.07, 6.45) is 0.583. The van der Waals surface area contributed by atoms with E-state index in [0.29, 0.717) is 6.42 Å². The number of hydrogen-bond donors (Lipinski definition) is 2. The maximum atomic E-state index is 12.8. The minimum Gasteiger partial charge on any atom is -0.458 e. The van der Waals surface area contributed by atoms with Gasteiger partial charge in [0, 0.05) is 12.1 Å². The Hall–Kier alpha value is -2.05. The highest BCUT2D eigenvalue weighted by molar-refractivity contribution is 5.88. The van der Waals surface area contributed by atoms with E-state index in [4.69, 9.17) is 4.74 Å². The van der Waals surface area contributed by atoms with Gasteiger partial charge in [0.25, 0.3) is 0 Å². The highest BCUT2D eigenvalue weighted by Crippen LogP contribution is 2.35. The molecule has 2 N–H and O–H groups in total. The summed E-state index contributed by atoms with van der Waals surface area (Å²) in [7, 11) is 0. The molecule has 4 atom stereocenters. The zero-order valence-corrected chi connectivity index (χ0v) is 18.9. The lowest BCUT2D eigenvalue weighted by atomic mass is 9.73. The molecular weight excluding hydrogens is 382 g/mol. The second-order valence-corrected chi connectivity index (χ2v) is 9.22. The maximum Gasteiger partial charge on any atom is 0.309 e. The first-order chi connectivity index (χ1) is 14.0. The maximum absolute atomic E-state index is 12.8. The molecule has 0 fully saturated rings. The SMILES string of the molecule is CC1=C(c2ccccn2)CC[C@@H]1OC(=O)C[C@H](O)C(C)(C)C(=O)[C@H](C)[C@@H](O)C(C)C. The van der Waals surface area contributed by atoms with Gasteiger partial charge in [0.05, 0.1) is 29.7 Å². The molecule has 6 heteroatoms. The fraction of sp³-hybridized carbons (Fsp3) is 0.625. The Labute approximate surface area is 179 Å². The molecule has 1 aliphatic rings. The monoisotopic (exact) mass is 417 g/mol. The van der Waals surface area contributed by atoms with Crippen molar-refractivity contribution in [2.45, 2.75) is 79.1 Å². The molecule has 1 aromatic rings. The van der Waals surface area contributed by atoms with E-state index in [0.717, 1.165) is 23.3 Å². The number of pyridine rings is 1. The number of rotatable bonds is 9. The van der Waals surface area contributed by atoms with Crippen LogP contribution >= 0.6 is 0 Å². The van der Waals surface area contributed by atoms with Crippen molar-refractivity contribution in [1.82, 2.24) is 4.98 Å². The lowest BCUT2D eigenvalue weighted by Gasteiger charge is -2.33. The van der Waals surface area contributed by atoms with Crippen LogP contribution in [0.2, 0.25) is 0 Å².